The van der Waals surface area contributed by atoms with Crippen LogP contribution >= 0.6 is 0 Å². The molecule has 0 unspecified atom stereocenters. The van der Waals surface area contributed by atoms with Crippen molar-refractivity contribution in [1.29, 1.82) is 0 Å². The molecule has 0 bridgehead atoms. The molecule has 7 heteroatoms. The summed E-state index contributed by atoms with van der Waals surface area (Å²) in [5.74, 6) is -0.221. The van der Waals surface area contributed by atoms with Crippen molar-refractivity contribution >= 4 is 21.6 Å². The highest BCUT2D eigenvalue weighted by atomic mass is 32.2. The van der Waals surface area contributed by atoms with Crippen molar-refractivity contribution in [3.63, 3.8) is 0 Å². The first-order chi connectivity index (χ1) is 11.9. The molecule has 1 aliphatic heterocycles. The molecule has 2 aromatic carbocycles. The lowest BCUT2D eigenvalue weighted by Gasteiger charge is -2.17. The first-order valence-electron chi connectivity index (χ1n) is 8.06. The number of nitrogens with one attached hydrogen (secondary N) is 1. The molecule has 1 heterocycles. The fourth-order valence-electron chi connectivity index (χ4n) is 3.10. The van der Waals surface area contributed by atoms with Gasteiger partial charge in [0.05, 0.1) is 4.90 Å². The van der Waals surface area contributed by atoms with Gasteiger partial charge in [0.25, 0.3) is 0 Å². The van der Waals surface area contributed by atoms with Gasteiger partial charge in [-0.25, -0.2) is 8.42 Å². The lowest BCUT2D eigenvalue weighted by molar-refractivity contribution is -0.114. The van der Waals surface area contributed by atoms with Gasteiger partial charge in [0.2, 0.25) is 15.9 Å². The second-order valence-electron chi connectivity index (χ2n) is 6.21. The fourth-order valence-corrected chi connectivity index (χ4v) is 4.61. The van der Waals surface area contributed by atoms with Crippen LogP contribution in [0.1, 0.15) is 18.4 Å². The van der Waals surface area contributed by atoms with Crippen LogP contribution < -0.4 is 11.1 Å². The number of sulfonamides is 1. The molecule has 0 aliphatic carbocycles. The molecule has 132 valence electrons. The molecule has 6 nitrogen and oxygen atoms in total. The van der Waals surface area contributed by atoms with Crippen molar-refractivity contribution in [2.45, 2.75) is 23.8 Å². The van der Waals surface area contributed by atoms with Crippen molar-refractivity contribution in [3.8, 4) is 0 Å². The topological polar surface area (TPSA) is 92.5 Å². The molecule has 3 rings (SSSR count). The summed E-state index contributed by atoms with van der Waals surface area (Å²) in [6.45, 7) is 2.05. The number of amides is 1. The van der Waals surface area contributed by atoms with E-state index in [1.807, 2.05) is 30.3 Å². The Morgan fingerprint density at radius 2 is 1.72 bits per heavy atom. The number of nitrogens with two attached hydrogens (primary N) is 1. The average Bonchev–Trinajstić information content (AvgIpc) is 2.98. The van der Waals surface area contributed by atoms with E-state index in [2.05, 4.69) is 5.32 Å². The van der Waals surface area contributed by atoms with Crippen LogP contribution in [0, 0.1) is 0 Å². The zero-order valence-electron chi connectivity index (χ0n) is 13.9. The van der Waals surface area contributed by atoms with E-state index in [4.69, 9.17) is 5.73 Å². The Kier molecular flexibility index (Phi) is 4.89. The highest BCUT2D eigenvalue weighted by molar-refractivity contribution is 7.89. The van der Waals surface area contributed by atoms with E-state index >= 15 is 0 Å². The van der Waals surface area contributed by atoms with E-state index in [0.717, 1.165) is 5.56 Å². The maximum atomic E-state index is 12.9. The zero-order valence-corrected chi connectivity index (χ0v) is 14.7. The van der Waals surface area contributed by atoms with Crippen molar-refractivity contribution in [2.24, 2.45) is 5.73 Å². The van der Waals surface area contributed by atoms with Gasteiger partial charge in [-0.3, -0.25) is 4.79 Å². The van der Waals surface area contributed by atoms with Gasteiger partial charge in [0, 0.05) is 37.7 Å². The first kappa shape index (κ1) is 17.6. The molecule has 2 aromatic rings. The van der Waals surface area contributed by atoms with Crippen LogP contribution in [0.15, 0.2) is 59.5 Å². The van der Waals surface area contributed by atoms with E-state index < -0.39 is 10.0 Å². The number of benzene rings is 2. The van der Waals surface area contributed by atoms with Crippen LogP contribution in [0.2, 0.25) is 0 Å². The summed E-state index contributed by atoms with van der Waals surface area (Å²) >= 11 is 0. The summed E-state index contributed by atoms with van der Waals surface area (Å²) in [5.41, 5.74) is 7.81. The van der Waals surface area contributed by atoms with Gasteiger partial charge >= 0.3 is 0 Å². The Balaban J connectivity index is 1.80. The third-order valence-electron chi connectivity index (χ3n) is 4.37. The second kappa shape index (κ2) is 6.95. The minimum Gasteiger partial charge on any atom is -0.326 e. The molecule has 2 atom stereocenters. The van der Waals surface area contributed by atoms with E-state index in [1.165, 1.54) is 23.4 Å². The third-order valence-corrected chi connectivity index (χ3v) is 6.22. The Morgan fingerprint density at radius 3 is 2.32 bits per heavy atom. The fraction of sp³-hybridized carbons (Fsp3) is 0.278. The SMILES string of the molecule is CC(=O)Nc1ccc(S(=O)(=O)N2C[C@@H](N)[C@H](c3ccccc3)C2)cc1. The Morgan fingerprint density at radius 1 is 1.08 bits per heavy atom. The number of carbonyl (C=O) groups is 1. The maximum Gasteiger partial charge on any atom is 0.243 e. The molecular weight excluding hydrogens is 338 g/mol. The summed E-state index contributed by atoms with van der Waals surface area (Å²) in [7, 11) is -3.62. The monoisotopic (exact) mass is 359 g/mol. The lowest BCUT2D eigenvalue weighted by atomic mass is 9.95. The molecule has 3 N–H and O–H groups in total. The standard InChI is InChI=1S/C18H21N3O3S/c1-13(22)20-15-7-9-16(10-8-15)25(23,24)21-11-17(18(19)12-21)14-5-3-2-4-6-14/h2-10,17-18H,11-12,19H2,1H3,(H,20,22)/t17-,18+/m0/s1. The Bertz CT molecular complexity index is 851. The normalized spacial score (nSPS) is 21.2. The first-order valence-corrected chi connectivity index (χ1v) is 9.50. The van der Waals surface area contributed by atoms with Crippen LogP contribution in [-0.4, -0.2) is 37.8 Å². The number of rotatable bonds is 4. The van der Waals surface area contributed by atoms with E-state index in [-0.39, 0.29) is 29.3 Å². The molecule has 1 fully saturated rings. The van der Waals surface area contributed by atoms with Gasteiger partial charge in [-0.15, -0.1) is 0 Å². The summed E-state index contributed by atoms with van der Waals surface area (Å²) < 4.78 is 27.2. The third kappa shape index (κ3) is 3.73. The molecule has 0 saturated carbocycles. The number of hydrogen-bond donors (Lipinski definition) is 2. The van der Waals surface area contributed by atoms with Crippen LogP contribution in [0.4, 0.5) is 5.69 Å². The van der Waals surface area contributed by atoms with Gasteiger partial charge in [0.1, 0.15) is 0 Å². The molecule has 0 spiro atoms. The lowest BCUT2D eigenvalue weighted by Crippen LogP contribution is -2.32. The highest BCUT2D eigenvalue weighted by Crippen LogP contribution is 2.30. The Labute approximate surface area is 147 Å². The largest absolute Gasteiger partial charge is 0.326 e. The summed E-state index contributed by atoms with van der Waals surface area (Å²) in [5, 5.41) is 2.62. The summed E-state index contributed by atoms with van der Waals surface area (Å²) in [6.07, 6.45) is 0. The van der Waals surface area contributed by atoms with Crippen molar-refractivity contribution in [3.05, 3.63) is 60.2 Å². The number of nitrogens with zero attached hydrogens (tertiary/aromatic N) is 1. The predicted molar refractivity (Wildman–Crippen MR) is 96.7 cm³/mol. The number of carbonyl (C=O) groups excluding carboxylic acids is 1. The summed E-state index contributed by atoms with van der Waals surface area (Å²) in [4.78, 5) is 11.3. The van der Waals surface area contributed by atoms with Crippen LogP contribution in [-0.2, 0) is 14.8 Å². The minimum absolute atomic E-state index is 0.0189. The van der Waals surface area contributed by atoms with Crippen LogP contribution in [0.3, 0.4) is 0 Å². The van der Waals surface area contributed by atoms with Crippen LogP contribution in [0.5, 0.6) is 0 Å². The van der Waals surface area contributed by atoms with Crippen LogP contribution in [0.25, 0.3) is 0 Å². The average molecular weight is 359 g/mol. The van der Waals surface area contributed by atoms with E-state index in [9.17, 15) is 13.2 Å². The molecule has 25 heavy (non-hydrogen) atoms. The summed E-state index contributed by atoms with van der Waals surface area (Å²) in [6, 6.07) is 15.7. The number of anilines is 1. The second-order valence-corrected chi connectivity index (χ2v) is 8.15. The predicted octanol–water partition coefficient (Wildman–Crippen LogP) is 1.76. The molecule has 1 amide bonds. The molecule has 0 aromatic heterocycles. The smallest absolute Gasteiger partial charge is 0.243 e. The van der Waals surface area contributed by atoms with Crippen molar-refractivity contribution < 1.29 is 13.2 Å². The molecular formula is C18H21N3O3S. The van der Waals surface area contributed by atoms with Gasteiger partial charge in [0.15, 0.2) is 0 Å². The van der Waals surface area contributed by atoms with E-state index in [0.29, 0.717) is 12.2 Å². The van der Waals surface area contributed by atoms with E-state index in [1.54, 1.807) is 12.1 Å². The molecule has 1 saturated heterocycles. The maximum absolute atomic E-state index is 12.9. The Hall–Kier alpha value is -2.22. The van der Waals surface area contributed by atoms with Gasteiger partial charge in [-0.2, -0.15) is 4.31 Å². The van der Waals surface area contributed by atoms with Crippen molar-refractivity contribution in [1.82, 2.24) is 4.31 Å². The number of hydrogen-bond acceptors (Lipinski definition) is 4. The van der Waals surface area contributed by atoms with Crippen molar-refractivity contribution in [2.75, 3.05) is 18.4 Å². The van der Waals surface area contributed by atoms with Gasteiger partial charge < -0.3 is 11.1 Å². The minimum atomic E-state index is -3.62. The van der Waals surface area contributed by atoms with Gasteiger partial charge in [-0.1, -0.05) is 30.3 Å². The van der Waals surface area contributed by atoms with Gasteiger partial charge in [-0.05, 0) is 29.8 Å². The molecule has 0 radical (unpaired) electrons. The quantitative estimate of drug-likeness (QED) is 0.870. The highest BCUT2D eigenvalue weighted by Gasteiger charge is 2.38. The molecule has 1 aliphatic rings. The zero-order chi connectivity index (χ0) is 18.0.